The molecule has 0 radical (unpaired) electrons. The van der Waals surface area contributed by atoms with Crippen molar-refractivity contribution in [1.82, 2.24) is 44.9 Å². The molecule has 12 heteroatoms. The van der Waals surface area contributed by atoms with E-state index < -0.39 is 0 Å². The van der Waals surface area contributed by atoms with Crippen molar-refractivity contribution in [2.75, 3.05) is 0 Å². The fourth-order valence-electron chi connectivity index (χ4n) is 19.2. The highest BCUT2D eigenvalue weighted by Gasteiger charge is 2.64. The molecule has 0 saturated heterocycles. The number of hydrogen-bond donors (Lipinski definition) is 0. The summed E-state index contributed by atoms with van der Waals surface area (Å²) in [6.45, 7) is 40.2. The summed E-state index contributed by atoms with van der Waals surface area (Å²) >= 11 is 5.11. The number of nitrogens with zero attached hydrogens (tertiary/aromatic N) is 9. The number of benzene rings is 3. The van der Waals surface area contributed by atoms with E-state index in [1.165, 1.54) is 50.1 Å². The van der Waals surface area contributed by atoms with Gasteiger partial charge in [-0.25, -0.2) is 15.0 Å². The van der Waals surface area contributed by atoms with Gasteiger partial charge in [0.1, 0.15) is 0 Å². The molecule has 0 spiro atoms. The van der Waals surface area contributed by atoms with Crippen molar-refractivity contribution in [3.63, 3.8) is 0 Å². The van der Waals surface area contributed by atoms with E-state index in [9.17, 15) is 0 Å². The lowest BCUT2D eigenvalue weighted by Gasteiger charge is -2.67. The number of thiophene rings is 3. The van der Waals surface area contributed by atoms with Crippen LogP contribution in [0, 0.1) is 41.4 Å². The smallest absolute Gasteiger partial charge is 0.0900 e. The van der Waals surface area contributed by atoms with Gasteiger partial charge in [0.05, 0.1) is 83.0 Å². The Kier molecular flexibility index (Phi) is 22.2. The minimum Gasteiger partial charge on any atom is -0.255 e. The van der Waals surface area contributed by atoms with Crippen LogP contribution in [0.25, 0.3) is 99.6 Å². The van der Waals surface area contributed by atoms with Gasteiger partial charge in [0.25, 0.3) is 0 Å². The molecule has 9 nitrogen and oxygen atoms in total. The van der Waals surface area contributed by atoms with Gasteiger partial charge in [-0.2, -0.15) is 0 Å². The molecule has 4 aliphatic carbocycles. The third-order valence-electron chi connectivity index (χ3n) is 26.0. The topological polar surface area (TPSA) is 116 Å². The summed E-state index contributed by atoms with van der Waals surface area (Å²) in [7, 11) is 0. The van der Waals surface area contributed by atoms with E-state index in [1.807, 2.05) is 37.2 Å². The Balaban J connectivity index is 0.653. The molecule has 0 unspecified atom stereocenters. The van der Waals surface area contributed by atoms with Crippen LogP contribution in [0.5, 0.6) is 0 Å². The first-order valence-electron chi connectivity index (χ1n) is 44.5. The lowest BCUT2D eigenvalue weighted by Crippen LogP contribution is -2.61. The van der Waals surface area contributed by atoms with Crippen LogP contribution >= 0.6 is 34.0 Å². The van der Waals surface area contributed by atoms with E-state index in [0.29, 0.717) is 5.92 Å². The summed E-state index contributed by atoms with van der Waals surface area (Å²) in [5.41, 5.74) is 27.0. The van der Waals surface area contributed by atoms with E-state index in [4.69, 9.17) is 44.9 Å². The van der Waals surface area contributed by atoms with Gasteiger partial charge >= 0.3 is 0 Å². The molecule has 15 aromatic rings. The molecular formula is C115H109N9S3. The Morgan fingerprint density at radius 2 is 0.441 bits per heavy atom. The van der Waals surface area contributed by atoms with Crippen LogP contribution in [0.3, 0.4) is 0 Å². The zero-order valence-electron chi connectivity index (χ0n) is 76.3. The predicted molar refractivity (Wildman–Crippen MR) is 528 cm³/mol. The van der Waals surface area contributed by atoms with Crippen molar-refractivity contribution < 1.29 is 0 Å². The first kappa shape index (κ1) is 85.6. The van der Waals surface area contributed by atoms with Gasteiger partial charge in [-0.05, 0) is 342 Å². The fourth-order valence-corrected chi connectivity index (χ4v) is 21.8. The number of rotatable bonds is 12. The molecule has 0 amide bonds. The van der Waals surface area contributed by atoms with Gasteiger partial charge < -0.3 is 0 Å². The summed E-state index contributed by atoms with van der Waals surface area (Å²) in [5.74, 6) is 22.2. The summed E-state index contributed by atoms with van der Waals surface area (Å²) < 4.78 is 0. The maximum absolute atomic E-state index is 5.27. The summed E-state index contributed by atoms with van der Waals surface area (Å²) in [6.07, 6.45) is 18.1. The number of aromatic nitrogens is 9. The molecule has 0 aliphatic heterocycles. The lowest BCUT2D eigenvalue weighted by molar-refractivity contribution is -0.0493. The standard InChI is InChI=1S/C115H109N9S3/c1-107(2,3)83-43-49-116-92(61-83)98-55-77(56-99(122-98)93-62-84(44-50-117-93)108(4,5)6)104-40-37-89(125-104)34-25-73-19-28-80(29-20-73)113-67-76-68-114(70-113,81-30-21-74(22-31-81)26-35-90-38-41-105(126-90)78-57-100(94-63-85(45-51-118-94)109(7,8)9)123-101(58-78)95-64-86(46-52-119-95)110(10,11)12)72-115(69-76,71-113)82-32-23-75(24-33-82)27-36-91-39-42-106(127-91)79-59-102(96-65-87(47-53-120-96)111(13,14)15)124-103(60-79)97-66-88(48-54-121-97)112(16,17)18/h19-24,28-33,37-66,76H,67-72H2,1-18H3. The third-order valence-corrected chi connectivity index (χ3v) is 29.2. The SMILES string of the molecule is CC(C)(C)c1ccnc(-c2cc(-c3ccc(C#Cc4ccc(C56CC7CC(c8ccc(C#Cc9ccc(-c%10cc(-c%11cc(C(C)(C)C)ccn%11)nc(-c%11cc(C(C)(C)C)ccn%11)c%10)s9)cc8)(C5)CC(c5ccc(C#Cc8ccc(-c9cc(-c%10cc(C(C)(C)C)ccn%10)nc(-c%10cc(C(C)(C)C)ccn%10)c9)s8)cc5)(C7)C6)cc4)s3)cc(-c3cc(C(C)(C)C)ccn3)n2)c1. The Hall–Kier alpha value is -12.2. The molecule has 0 atom stereocenters. The van der Waals surface area contributed by atoms with Crippen LogP contribution in [0.4, 0.5) is 0 Å². The van der Waals surface area contributed by atoms with Gasteiger partial charge in [0.2, 0.25) is 0 Å². The Morgan fingerprint density at radius 1 is 0.236 bits per heavy atom. The Morgan fingerprint density at radius 3 is 0.638 bits per heavy atom. The molecule has 12 heterocycles. The molecule has 4 fully saturated rings. The average Bonchev–Trinajstić information content (AvgIpc) is 1.22. The normalized spacial score (nSPS) is 17.5. The Bertz CT molecular complexity index is 6040. The van der Waals surface area contributed by atoms with Crippen LogP contribution in [0.2, 0.25) is 0 Å². The summed E-state index contributed by atoms with van der Waals surface area (Å²) in [6, 6.07) is 80.0. The molecule has 0 N–H and O–H groups in total. The van der Waals surface area contributed by atoms with Gasteiger partial charge in [-0.15, -0.1) is 34.0 Å². The monoisotopic (exact) mass is 1710 g/mol. The lowest BCUT2D eigenvalue weighted by atomic mass is 9.36. The van der Waals surface area contributed by atoms with Crippen LogP contribution in [0.15, 0.2) is 256 Å². The second-order valence-electron chi connectivity index (χ2n) is 41.8. The number of hydrogen-bond acceptors (Lipinski definition) is 12. The van der Waals surface area contributed by atoms with Gasteiger partial charge in [0, 0.05) is 68.5 Å². The molecule has 12 aromatic heterocycles. The quantitative estimate of drug-likeness (QED) is 0.110. The molecule has 4 bridgehead atoms. The van der Waals surface area contributed by atoms with Gasteiger partial charge in [-0.3, -0.25) is 29.9 Å². The number of pyridine rings is 9. The second-order valence-corrected chi connectivity index (χ2v) is 45.0. The van der Waals surface area contributed by atoms with Crippen molar-refractivity contribution in [2.45, 2.75) is 212 Å². The van der Waals surface area contributed by atoms with Crippen molar-refractivity contribution >= 4 is 34.0 Å². The summed E-state index contributed by atoms with van der Waals surface area (Å²) in [5, 5.41) is 0. The van der Waals surface area contributed by atoms with E-state index in [2.05, 4.69) is 379 Å². The van der Waals surface area contributed by atoms with E-state index in [0.717, 1.165) is 169 Å². The highest BCUT2D eigenvalue weighted by Crippen LogP contribution is 2.71. The third kappa shape index (κ3) is 18.3. The highest BCUT2D eigenvalue weighted by atomic mass is 32.1. The second kappa shape index (κ2) is 32.9. The van der Waals surface area contributed by atoms with Crippen molar-refractivity contribution in [2.24, 2.45) is 5.92 Å². The summed E-state index contributed by atoms with van der Waals surface area (Å²) in [4.78, 5) is 51.4. The molecule has 3 aromatic carbocycles. The van der Waals surface area contributed by atoms with Crippen molar-refractivity contribution in [3.05, 3.63) is 337 Å². The van der Waals surface area contributed by atoms with Crippen LogP contribution in [-0.2, 0) is 48.7 Å². The fraction of sp³-hybridized carbons (Fsp3) is 0.296. The minimum absolute atomic E-state index is 0.0550. The van der Waals surface area contributed by atoms with Crippen molar-refractivity contribution in [1.29, 1.82) is 0 Å². The van der Waals surface area contributed by atoms with E-state index in [1.54, 1.807) is 34.0 Å². The first-order valence-corrected chi connectivity index (χ1v) is 46.9. The molecular weight excluding hydrogens is 1600 g/mol. The molecule has 19 rings (SSSR count). The minimum atomic E-state index is -0.0687. The van der Waals surface area contributed by atoms with Crippen LogP contribution in [-0.4, -0.2) is 44.9 Å². The molecule has 4 saturated carbocycles. The average molecular weight is 1710 g/mol. The highest BCUT2D eigenvalue weighted by molar-refractivity contribution is 7.16. The van der Waals surface area contributed by atoms with Gasteiger partial charge in [0.15, 0.2) is 0 Å². The van der Waals surface area contributed by atoms with Crippen LogP contribution in [0.1, 0.15) is 245 Å². The predicted octanol–water partition coefficient (Wildman–Crippen LogP) is 28.5. The Labute approximate surface area is 763 Å². The van der Waals surface area contributed by atoms with E-state index in [-0.39, 0.29) is 48.7 Å². The largest absolute Gasteiger partial charge is 0.255 e. The first-order chi connectivity index (χ1) is 60.4. The van der Waals surface area contributed by atoms with Crippen LogP contribution < -0.4 is 0 Å². The molecule has 127 heavy (non-hydrogen) atoms. The van der Waals surface area contributed by atoms with E-state index >= 15 is 0 Å². The maximum atomic E-state index is 5.27. The van der Waals surface area contributed by atoms with Gasteiger partial charge in [-0.1, -0.05) is 197 Å². The van der Waals surface area contributed by atoms with Crippen molar-refractivity contribution in [3.8, 4) is 135 Å². The molecule has 632 valence electrons. The zero-order chi connectivity index (χ0) is 88.8. The maximum Gasteiger partial charge on any atom is 0.0900 e. The zero-order valence-corrected chi connectivity index (χ0v) is 78.8. The molecule has 4 aliphatic rings.